The zero-order chi connectivity index (χ0) is 17.3. The van der Waals surface area contributed by atoms with Crippen molar-refractivity contribution < 1.29 is 19.7 Å². The fourth-order valence-electron chi connectivity index (χ4n) is 2.44. The van der Waals surface area contributed by atoms with Crippen LogP contribution in [0.5, 0.6) is 17.2 Å². The van der Waals surface area contributed by atoms with Crippen molar-refractivity contribution in [3.8, 4) is 22.9 Å². The molecule has 122 valence electrons. The summed E-state index contributed by atoms with van der Waals surface area (Å²) in [5, 5.41) is 25.4. The highest BCUT2D eigenvalue weighted by molar-refractivity contribution is 5.88. The van der Waals surface area contributed by atoms with E-state index in [2.05, 4.69) is 5.10 Å². The lowest BCUT2D eigenvalue weighted by molar-refractivity contribution is -0.269. The number of aromatic nitrogens is 2. The normalized spacial score (nSPS) is 10.6. The third kappa shape index (κ3) is 2.81. The van der Waals surface area contributed by atoms with E-state index in [1.54, 1.807) is 48.9 Å². The Morgan fingerprint density at radius 3 is 2.62 bits per heavy atom. The second-order valence-electron chi connectivity index (χ2n) is 5.32. The lowest BCUT2D eigenvalue weighted by Gasteiger charge is -2.14. The first-order valence-corrected chi connectivity index (χ1v) is 7.31. The Morgan fingerprint density at radius 2 is 1.92 bits per heavy atom. The molecule has 0 bridgehead atoms. The van der Waals surface area contributed by atoms with Gasteiger partial charge in [0.1, 0.15) is 11.4 Å². The molecule has 24 heavy (non-hydrogen) atoms. The Labute approximate surface area is 138 Å². The number of benzene rings is 2. The summed E-state index contributed by atoms with van der Waals surface area (Å²) < 4.78 is 7.34. The van der Waals surface area contributed by atoms with Crippen LogP contribution in [0.15, 0.2) is 48.5 Å². The Kier molecular flexibility index (Phi) is 3.95. The van der Waals surface area contributed by atoms with Crippen LogP contribution in [0.1, 0.15) is 21.7 Å². The van der Waals surface area contributed by atoms with E-state index in [0.29, 0.717) is 22.8 Å². The molecule has 0 atom stereocenters. The summed E-state index contributed by atoms with van der Waals surface area (Å²) in [6, 6.07) is 12.9. The maximum atomic E-state index is 11.8. The molecule has 1 heterocycles. The first-order valence-electron chi connectivity index (χ1n) is 7.31. The molecule has 0 aliphatic rings. The molecule has 3 aromatic rings. The van der Waals surface area contributed by atoms with Gasteiger partial charge in [-0.3, -0.25) is 0 Å². The molecule has 6 nitrogen and oxygen atoms in total. The predicted octanol–water partition coefficient (Wildman–Crippen LogP) is 3.05. The lowest BCUT2D eigenvalue weighted by Crippen LogP contribution is -2.02. The van der Waals surface area contributed by atoms with Crippen molar-refractivity contribution >= 4 is 5.97 Å². The number of aryl methyl sites for hydroxylation is 1. The third-order valence-electron chi connectivity index (χ3n) is 3.62. The van der Waals surface area contributed by atoms with Crippen LogP contribution in [-0.4, -0.2) is 20.9 Å². The minimum atomic E-state index is -1.00. The number of nitrogens with zero attached hydrogens (tertiary/aromatic N) is 2. The van der Waals surface area contributed by atoms with Gasteiger partial charge in [0, 0.05) is 0 Å². The monoisotopic (exact) mass is 323 g/mol. The molecule has 1 N–H and O–H groups in total. The zero-order valence-electron chi connectivity index (χ0n) is 13.2. The van der Waals surface area contributed by atoms with Gasteiger partial charge in [-0.25, -0.2) is 9.48 Å². The highest BCUT2D eigenvalue weighted by atomic mass is 16.5. The Hall–Kier alpha value is -3.28. The smallest absolute Gasteiger partial charge is 0.335 e. The van der Waals surface area contributed by atoms with E-state index < -0.39 is 5.97 Å². The molecule has 0 aliphatic heterocycles. The number of para-hydroxylation sites is 2. The van der Waals surface area contributed by atoms with E-state index in [1.165, 1.54) is 18.2 Å². The summed E-state index contributed by atoms with van der Waals surface area (Å²) in [6.07, 6.45) is 0. The summed E-state index contributed by atoms with van der Waals surface area (Å²) in [5.41, 5.74) is 2.07. The van der Waals surface area contributed by atoms with Gasteiger partial charge >= 0.3 is 5.97 Å². The number of ether oxygens (including phenoxy) is 1. The zero-order valence-corrected chi connectivity index (χ0v) is 13.2. The quantitative estimate of drug-likeness (QED) is 0.797. The second kappa shape index (κ2) is 6.08. The first-order chi connectivity index (χ1) is 11.5. The summed E-state index contributed by atoms with van der Waals surface area (Å²) in [7, 11) is 0. The number of carboxylic acid groups (broad SMARTS) is 1. The lowest BCUT2D eigenvalue weighted by atomic mass is 10.2. The third-order valence-corrected chi connectivity index (χ3v) is 3.62. The standard InChI is InChI=1S/C18H16N2O4/c1-11-17(24-16-9-4-3-8-15(16)21)12(2)20(19-11)14-7-5-6-13(10-14)18(22)23/h3-10,21H,1-2H3,(H,22,23)/p-1. The van der Waals surface area contributed by atoms with Gasteiger partial charge in [0.2, 0.25) is 0 Å². The highest BCUT2D eigenvalue weighted by Crippen LogP contribution is 2.33. The minimum absolute atomic E-state index is 0.174. The van der Waals surface area contributed by atoms with Crippen LogP contribution in [0.3, 0.4) is 0 Å². The van der Waals surface area contributed by atoms with Crippen LogP contribution in [-0.2, 0) is 0 Å². The molecular formula is C18H15N2O4-. The number of carboxylic acids is 1. The molecule has 0 fully saturated rings. The average Bonchev–Trinajstić information content (AvgIpc) is 2.85. The van der Waals surface area contributed by atoms with Crippen molar-refractivity contribution in [1.29, 1.82) is 0 Å². The van der Waals surface area contributed by atoms with E-state index in [4.69, 9.17) is 9.84 Å². The van der Waals surface area contributed by atoms with Crippen LogP contribution in [0.2, 0.25) is 0 Å². The van der Waals surface area contributed by atoms with Crippen molar-refractivity contribution in [2.24, 2.45) is 0 Å². The van der Waals surface area contributed by atoms with Gasteiger partial charge < -0.3 is 14.9 Å². The maximum Gasteiger partial charge on any atom is 0.335 e. The molecule has 0 spiro atoms. The molecule has 0 saturated carbocycles. The van der Waals surface area contributed by atoms with E-state index >= 15 is 0 Å². The van der Waals surface area contributed by atoms with Crippen molar-refractivity contribution in [2.45, 2.75) is 13.8 Å². The summed E-state index contributed by atoms with van der Waals surface area (Å²) in [5.74, 6) is -0.506. The summed E-state index contributed by atoms with van der Waals surface area (Å²) in [6.45, 7) is 3.57. The van der Waals surface area contributed by atoms with Crippen LogP contribution in [0, 0.1) is 13.8 Å². The van der Waals surface area contributed by atoms with Gasteiger partial charge in [-0.1, -0.05) is 30.0 Å². The number of hydrogen-bond donors (Lipinski definition) is 1. The molecule has 1 aromatic heterocycles. The number of hydrogen-bond acceptors (Lipinski definition) is 4. The van der Waals surface area contributed by atoms with Gasteiger partial charge in [-0.2, -0.15) is 5.10 Å². The molecule has 0 unspecified atom stereocenters. The molecule has 2 aromatic carbocycles. The number of rotatable bonds is 4. The van der Waals surface area contributed by atoms with Gasteiger partial charge in [0.25, 0.3) is 0 Å². The molecule has 0 saturated heterocycles. The van der Waals surface area contributed by atoms with Crippen LogP contribution in [0.4, 0.5) is 0 Å². The highest BCUT2D eigenvalue weighted by Gasteiger charge is 2.16. The van der Waals surface area contributed by atoms with E-state index in [1.807, 2.05) is 0 Å². The molecular weight excluding hydrogens is 308 g/mol. The molecule has 0 radical (unpaired) electrons. The molecule has 3 rings (SSSR count). The fraction of sp³-hybridized carbons (Fsp3) is 0.111. The van der Waals surface area contributed by atoms with E-state index in [9.17, 15) is 9.90 Å². The summed E-state index contributed by atoms with van der Waals surface area (Å²) in [4.78, 5) is 11.1. The number of aromatic carboxylic acids is 1. The van der Waals surface area contributed by atoms with E-state index in [0.717, 1.165) is 0 Å². The topological polar surface area (TPSA) is 87.4 Å². The average molecular weight is 323 g/mol. The summed E-state index contributed by atoms with van der Waals surface area (Å²) >= 11 is 0. The van der Waals surface area contributed by atoms with Crippen molar-refractivity contribution in [2.75, 3.05) is 0 Å². The molecule has 6 heteroatoms. The van der Waals surface area contributed by atoms with Gasteiger partial charge in [0.05, 0.1) is 16.9 Å². The van der Waals surface area contributed by atoms with Gasteiger partial charge in [-0.15, -0.1) is 0 Å². The Bertz CT molecular complexity index is 915. The Morgan fingerprint density at radius 1 is 1.17 bits per heavy atom. The maximum absolute atomic E-state index is 11.8. The van der Waals surface area contributed by atoms with Crippen molar-refractivity contribution in [1.82, 2.24) is 9.78 Å². The van der Waals surface area contributed by atoms with Crippen molar-refractivity contribution in [3.63, 3.8) is 0 Å². The Balaban J connectivity index is 2.02. The number of carbonyl (C=O) groups is 1. The predicted molar refractivity (Wildman–Crippen MR) is 86.0 cm³/mol. The largest absolute Gasteiger partial charge is 0.870 e. The van der Waals surface area contributed by atoms with Crippen LogP contribution >= 0.6 is 0 Å². The van der Waals surface area contributed by atoms with Crippen LogP contribution < -0.4 is 9.84 Å². The first kappa shape index (κ1) is 15.6. The fourth-order valence-corrected chi connectivity index (χ4v) is 2.44. The second-order valence-corrected chi connectivity index (χ2v) is 5.32. The van der Waals surface area contributed by atoms with Crippen molar-refractivity contribution in [3.05, 3.63) is 65.5 Å². The van der Waals surface area contributed by atoms with Gasteiger partial charge in [-0.05, 0) is 38.1 Å². The van der Waals surface area contributed by atoms with Crippen LogP contribution in [0.25, 0.3) is 5.69 Å². The van der Waals surface area contributed by atoms with E-state index in [-0.39, 0.29) is 17.1 Å². The van der Waals surface area contributed by atoms with Gasteiger partial charge in [0.15, 0.2) is 5.75 Å². The molecule has 0 amide bonds. The SMILES string of the molecule is Cc1nn(-c2cccc(C(=O)O)c2)c(C)c1Oc1ccccc1[O-]. The molecule has 0 aliphatic carbocycles. The minimum Gasteiger partial charge on any atom is -0.870 e.